The topological polar surface area (TPSA) is 21.3 Å². The molecule has 2 aliphatic rings. The highest BCUT2D eigenvalue weighted by Crippen LogP contribution is 2.32. The normalized spacial score (nSPS) is 30.2. The zero-order valence-corrected chi connectivity index (χ0v) is 9.30. The Morgan fingerprint density at radius 2 is 2.14 bits per heavy atom. The van der Waals surface area contributed by atoms with Gasteiger partial charge in [0, 0.05) is 12.6 Å². The molecule has 1 saturated heterocycles. The lowest BCUT2D eigenvalue weighted by molar-refractivity contribution is 0.0112. The molecule has 0 amide bonds. The molecule has 1 saturated carbocycles. The van der Waals surface area contributed by atoms with E-state index in [0.29, 0.717) is 6.10 Å². The van der Waals surface area contributed by atoms with E-state index in [-0.39, 0.29) is 0 Å². The zero-order valence-electron chi connectivity index (χ0n) is 9.30. The highest BCUT2D eigenvalue weighted by Gasteiger charge is 2.27. The molecular formula is C12H23NO. The van der Waals surface area contributed by atoms with Crippen molar-refractivity contribution in [3.05, 3.63) is 0 Å². The first-order chi connectivity index (χ1) is 6.86. The van der Waals surface area contributed by atoms with Gasteiger partial charge in [0.05, 0.1) is 6.10 Å². The summed E-state index contributed by atoms with van der Waals surface area (Å²) in [5.41, 5.74) is 0. The van der Waals surface area contributed by atoms with Gasteiger partial charge < -0.3 is 10.1 Å². The minimum absolute atomic E-state index is 0.544. The van der Waals surface area contributed by atoms with Crippen molar-refractivity contribution in [2.24, 2.45) is 5.92 Å². The van der Waals surface area contributed by atoms with Gasteiger partial charge in [-0.2, -0.15) is 0 Å². The van der Waals surface area contributed by atoms with E-state index in [1.807, 2.05) is 0 Å². The second-order valence-electron chi connectivity index (χ2n) is 4.86. The molecule has 14 heavy (non-hydrogen) atoms. The van der Waals surface area contributed by atoms with Crippen LogP contribution in [0.25, 0.3) is 0 Å². The monoisotopic (exact) mass is 197 g/mol. The molecule has 0 radical (unpaired) electrons. The number of rotatable bonds is 5. The Bertz CT molecular complexity index is 162. The third kappa shape index (κ3) is 3.25. The molecule has 1 heterocycles. The fraction of sp³-hybridized carbons (Fsp3) is 1.00. The molecule has 1 N–H and O–H groups in total. The zero-order chi connectivity index (χ0) is 9.80. The molecule has 2 rings (SSSR count). The molecule has 1 aliphatic heterocycles. The Hall–Kier alpha value is -0.0800. The molecule has 2 atom stereocenters. The van der Waals surface area contributed by atoms with Gasteiger partial charge in [-0.25, -0.2) is 0 Å². The SMILES string of the molecule is CC(NCCC1CCCCO1)C1CC1. The van der Waals surface area contributed by atoms with Crippen LogP contribution in [-0.2, 0) is 4.74 Å². The average Bonchev–Trinajstić information content (AvgIpc) is 3.02. The van der Waals surface area contributed by atoms with Gasteiger partial charge in [0.2, 0.25) is 0 Å². The predicted octanol–water partition coefficient (Wildman–Crippen LogP) is 2.33. The van der Waals surface area contributed by atoms with Crippen LogP contribution >= 0.6 is 0 Å². The van der Waals surface area contributed by atoms with Gasteiger partial charge in [0.1, 0.15) is 0 Å². The van der Waals surface area contributed by atoms with Crippen LogP contribution in [0.15, 0.2) is 0 Å². The smallest absolute Gasteiger partial charge is 0.0587 e. The summed E-state index contributed by atoms with van der Waals surface area (Å²) in [4.78, 5) is 0. The van der Waals surface area contributed by atoms with Gasteiger partial charge in [-0.1, -0.05) is 0 Å². The van der Waals surface area contributed by atoms with Crippen LogP contribution in [-0.4, -0.2) is 25.3 Å². The van der Waals surface area contributed by atoms with E-state index in [9.17, 15) is 0 Å². The summed E-state index contributed by atoms with van der Waals surface area (Å²) in [5.74, 6) is 0.974. The fourth-order valence-electron chi connectivity index (χ4n) is 2.27. The lowest BCUT2D eigenvalue weighted by Gasteiger charge is -2.23. The molecule has 0 aromatic heterocycles. The molecule has 0 spiro atoms. The first-order valence-electron chi connectivity index (χ1n) is 6.21. The number of hydrogen-bond donors (Lipinski definition) is 1. The van der Waals surface area contributed by atoms with Crippen molar-refractivity contribution in [3.8, 4) is 0 Å². The average molecular weight is 197 g/mol. The van der Waals surface area contributed by atoms with Gasteiger partial charge in [0.15, 0.2) is 0 Å². The van der Waals surface area contributed by atoms with Gasteiger partial charge >= 0.3 is 0 Å². The van der Waals surface area contributed by atoms with E-state index < -0.39 is 0 Å². The van der Waals surface area contributed by atoms with Crippen molar-refractivity contribution in [2.45, 2.75) is 57.6 Å². The largest absolute Gasteiger partial charge is 0.378 e. The van der Waals surface area contributed by atoms with Crippen LogP contribution in [0.3, 0.4) is 0 Å². The van der Waals surface area contributed by atoms with Crippen LogP contribution in [0.1, 0.15) is 45.4 Å². The van der Waals surface area contributed by atoms with E-state index in [1.165, 1.54) is 38.5 Å². The first kappa shape index (κ1) is 10.4. The lowest BCUT2D eigenvalue weighted by atomic mass is 10.1. The highest BCUT2D eigenvalue weighted by atomic mass is 16.5. The minimum Gasteiger partial charge on any atom is -0.378 e. The standard InChI is InChI=1S/C12H23NO/c1-10(11-5-6-11)13-8-7-12-4-2-3-9-14-12/h10-13H,2-9H2,1H3. The third-order valence-corrected chi connectivity index (χ3v) is 3.54. The Morgan fingerprint density at radius 1 is 1.29 bits per heavy atom. The maximum atomic E-state index is 5.70. The quantitative estimate of drug-likeness (QED) is 0.730. The summed E-state index contributed by atoms with van der Waals surface area (Å²) < 4.78 is 5.70. The van der Waals surface area contributed by atoms with Gasteiger partial charge in [-0.05, 0) is 57.9 Å². The molecule has 1 aliphatic carbocycles. The maximum Gasteiger partial charge on any atom is 0.0587 e. The van der Waals surface area contributed by atoms with Crippen LogP contribution in [0.4, 0.5) is 0 Å². The Morgan fingerprint density at radius 3 is 2.79 bits per heavy atom. The molecule has 2 heteroatoms. The molecular weight excluding hydrogens is 174 g/mol. The summed E-state index contributed by atoms with van der Waals surface area (Å²) in [6, 6.07) is 0.735. The van der Waals surface area contributed by atoms with Crippen LogP contribution in [0.5, 0.6) is 0 Å². The summed E-state index contributed by atoms with van der Waals surface area (Å²) >= 11 is 0. The van der Waals surface area contributed by atoms with Gasteiger partial charge in [-0.3, -0.25) is 0 Å². The summed E-state index contributed by atoms with van der Waals surface area (Å²) in [6.07, 6.45) is 8.53. The van der Waals surface area contributed by atoms with Crippen molar-refractivity contribution >= 4 is 0 Å². The minimum atomic E-state index is 0.544. The molecule has 2 fully saturated rings. The van der Waals surface area contributed by atoms with E-state index in [2.05, 4.69) is 12.2 Å². The van der Waals surface area contributed by atoms with Crippen molar-refractivity contribution in [1.82, 2.24) is 5.32 Å². The Labute approximate surface area is 87.4 Å². The number of hydrogen-bond acceptors (Lipinski definition) is 2. The van der Waals surface area contributed by atoms with Crippen molar-refractivity contribution < 1.29 is 4.74 Å². The van der Waals surface area contributed by atoms with E-state index in [1.54, 1.807) is 0 Å². The Kier molecular flexibility index (Phi) is 3.82. The second-order valence-corrected chi connectivity index (χ2v) is 4.86. The van der Waals surface area contributed by atoms with E-state index in [0.717, 1.165) is 25.1 Å². The second kappa shape index (κ2) is 5.13. The van der Waals surface area contributed by atoms with Gasteiger partial charge in [0.25, 0.3) is 0 Å². The molecule has 0 aromatic carbocycles. The predicted molar refractivity (Wildman–Crippen MR) is 58.4 cm³/mol. The first-order valence-corrected chi connectivity index (χ1v) is 6.21. The highest BCUT2D eigenvalue weighted by molar-refractivity contribution is 4.83. The third-order valence-electron chi connectivity index (χ3n) is 3.54. The molecule has 2 unspecified atom stereocenters. The van der Waals surface area contributed by atoms with E-state index >= 15 is 0 Å². The number of ether oxygens (including phenoxy) is 1. The van der Waals surface area contributed by atoms with E-state index in [4.69, 9.17) is 4.74 Å². The van der Waals surface area contributed by atoms with Crippen LogP contribution < -0.4 is 5.32 Å². The van der Waals surface area contributed by atoms with Crippen molar-refractivity contribution in [1.29, 1.82) is 0 Å². The summed E-state index contributed by atoms with van der Waals surface area (Å²) in [7, 11) is 0. The fourth-order valence-corrected chi connectivity index (χ4v) is 2.27. The number of nitrogens with one attached hydrogen (secondary N) is 1. The molecule has 0 bridgehead atoms. The Balaban J connectivity index is 1.52. The van der Waals surface area contributed by atoms with Crippen LogP contribution in [0.2, 0.25) is 0 Å². The molecule has 82 valence electrons. The summed E-state index contributed by atoms with van der Waals surface area (Å²) in [6.45, 7) is 4.45. The maximum absolute atomic E-state index is 5.70. The molecule has 2 nitrogen and oxygen atoms in total. The van der Waals surface area contributed by atoms with Crippen molar-refractivity contribution in [2.75, 3.05) is 13.2 Å². The summed E-state index contributed by atoms with van der Waals surface area (Å²) in [5, 5.41) is 3.61. The lowest BCUT2D eigenvalue weighted by Crippen LogP contribution is -2.32. The van der Waals surface area contributed by atoms with Gasteiger partial charge in [-0.15, -0.1) is 0 Å². The van der Waals surface area contributed by atoms with Crippen molar-refractivity contribution in [3.63, 3.8) is 0 Å². The molecule has 0 aromatic rings. The van der Waals surface area contributed by atoms with Crippen LogP contribution in [0, 0.1) is 5.92 Å².